The van der Waals surface area contributed by atoms with Crippen molar-refractivity contribution in [3.8, 4) is 5.82 Å². The molecule has 1 fully saturated rings. The Labute approximate surface area is 183 Å². The molecule has 0 spiro atoms. The highest BCUT2D eigenvalue weighted by atomic mass is 127. The zero-order chi connectivity index (χ0) is 18.7. The van der Waals surface area contributed by atoms with Crippen LogP contribution in [-0.2, 0) is 16.0 Å². The maximum absolute atomic E-state index is 5.72. The highest BCUT2D eigenvalue weighted by Crippen LogP contribution is 2.12. The third kappa shape index (κ3) is 7.36. The summed E-state index contributed by atoms with van der Waals surface area (Å²) in [4.78, 5) is 8.60. The molecule has 9 heteroatoms. The fourth-order valence-electron chi connectivity index (χ4n) is 2.85. The van der Waals surface area contributed by atoms with Gasteiger partial charge in [-0.3, -0.25) is 4.99 Å². The van der Waals surface area contributed by atoms with E-state index in [0.29, 0.717) is 12.5 Å². The topological polar surface area (TPSA) is 85.6 Å². The molecule has 1 atom stereocenters. The lowest BCUT2D eigenvalue weighted by Crippen LogP contribution is -2.37. The number of pyridine rings is 1. The summed E-state index contributed by atoms with van der Waals surface area (Å²) in [6.07, 6.45) is 7.46. The number of rotatable bonds is 9. The van der Waals surface area contributed by atoms with E-state index in [1.165, 1.54) is 0 Å². The summed E-state index contributed by atoms with van der Waals surface area (Å²) < 4.78 is 12.8. The van der Waals surface area contributed by atoms with Crippen molar-refractivity contribution in [2.75, 3.05) is 40.0 Å². The van der Waals surface area contributed by atoms with E-state index in [1.807, 2.05) is 24.4 Å². The van der Waals surface area contributed by atoms with Gasteiger partial charge in [0.25, 0.3) is 0 Å². The first-order valence-corrected chi connectivity index (χ1v) is 9.40. The Morgan fingerprint density at radius 3 is 3.07 bits per heavy atom. The van der Waals surface area contributed by atoms with Gasteiger partial charge in [-0.2, -0.15) is 5.10 Å². The molecule has 1 aliphatic heterocycles. The SMILES string of the molecule is CN=C(NCCCOCC1CCOC1)NCc1ccnc(-n2cccn2)c1.I. The third-order valence-corrected chi connectivity index (χ3v) is 4.37. The standard InChI is InChI=1S/C19H28N6O2.HI/c1-20-19(22-6-3-10-26-14-17-5-11-27-15-17)23-13-16-4-8-21-18(12-16)25-9-2-7-24-25;/h2,4,7-9,12,17H,3,5-6,10-11,13-15H2,1H3,(H2,20,22,23);1H. The van der Waals surface area contributed by atoms with Crippen LogP contribution in [0.5, 0.6) is 0 Å². The predicted molar refractivity (Wildman–Crippen MR) is 119 cm³/mol. The molecule has 1 saturated heterocycles. The summed E-state index contributed by atoms with van der Waals surface area (Å²) in [7, 11) is 1.77. The Hall–Kier alpha value is -1.72. The largest absolute Gasteiger partial charge is 0.381 e. The van der Waals surface area contributed by atoms with Crippen LogP contribution in [0, 0.1) is 5.92 Å². The van der Waals surface area contributed by atoms with Gasteiger partial charge >= 0.3 is 0 Å². The van der Waals surface area contributed by atoms with E-state index in [2.05, 4.69) is 25.7 Å². The van der Waals surface area contributed by atoms with Gasteiger partial charge in [0.1, 0.15) is 0 Å². The molecule has 1 unspecified atom stereocenters. The molecule has 3 heterocycles. The van der Waals surface area contributed by atoms with Gasteiger partial charge in [-0.1, -0.05) is 0 Å². The van der Waals surface area contributed by atoms with Gasteiger partial charge in [0, 0.05) is 57.9 Å². The summed E-state index contributed by atoms with van der Waals surface area (Å²) in [6.45, 7) is 4.74. The van der Waals surface area contributed by atoms with E-state index in [1.54, 1.807) is 24.1 Å². The molecule has 154 valence electrons. The van der Waals surface area contributed by atoms with Crippen molar-refractivity contribution in [1.29, 1.82) is 0 Å². The molecule has 28 heavy (non-hydrogen) atoms. The number of guanidine groups is 1. The van der Waals surface area contributed by atoms with E-state index in [0.717, 1.165) is 63.2 Å². The number of nitrogens with one attached hydrogen (secondary N) is 2. The van der Waals surface area contributed by atoms with Crippen LogP contribution >= 0.6 is 24.0 Å². The number of ether oxygens (including phenoxy) is 2. The van der Waals surface area contributed by atoms with Crippen LogP contribution in [0.2, 0.25) is 0 Å². The molecule has 0 saturated carbocycles. The summed E-state index contributed by atoms with van der Waals surface area (Å²) >= 11 is 0. The van der Waals surface area contributed by atoms with E-state index in [4.69, 9.17) is 9.47 Å². The van der Waals surface area contributed by atoms with Gasteiger partial charge in [-0.05, 0) is 36.6 Å². The molecule has 1 aliphatic rings. The molecular weight excluding hydrogens is 471 g/mol. The second-order valence-corrected chi connectivity index (χ2v) is 6.48. The molecule has 3 rings (SSSR count). The summed E-state index contributed by atoms with van der Waals surface area (Å²) in [5, 5.41) is 10.8. The first-order chi connectivity index (χ1) is 13.3. The van der Waals surface area contributed by atoms with Crippen LogP contribution in [0.1, 0.15) is 18.4 Å². The first-order valence-electron chi connectivity index (χ1n) is 9.40. The van der Waals surface area contributed by atoms with Crippen molar-refractivity contribution >= 4 is 29.9 Å². The quantitative estimate of drug-likeness (QED) is 0.237. The smallest absolute Gasteiger partial charge is 0.191 e. The lowest BCUT2D eigenvalue weighted by atomic mass is 10.1. The number of aliphatic imine (C=N–C) groups is 1. The molecule has 0 bridgehead atoms. The van der Waals surface area contributed by atoms with Crippen LogP contribution in [0.3, 0.4) is 0 Å². The van der Waals surface area contributed by atoms with Crippen molar-refractivity contribution in [3.63, 3.8) is 0 Å². The second kappa shape index (κ2) is 12.7. The average Bonchev–Trinajstić information content (AvgIpc) is 3.41. The highest BCUT2D eigenvalue weighted by Gasteiger charge is 2.15. The number of halogens is 1. The van der Waals surface area contributed by atoms with Gasteiger partial charge < -0.3 is 20.1 Å². The van der Waals surface area contributed by atoms with Gasteiger partial charge in [0.2, 0.25) is 0 Å². The number of nitrogens with zero attached hydrogens (tertiary/aromatic N) is 4. The van der Waals surface area contributed by atoms with Gasteiger partial charge in [-0.25, -0.2) is 9.67 Å². The molecule has 0 radical (unpaired) electrons. The summed E-state index contributed by atoms with van der Waals surface area (Å²) in [5.41, 5.74) is 1.11. The van der Waals surface area contributed by atoms with Gasteiger partial charge in [-0.15, -0.1) is 24.0 Å². The Morgan fingerprint density at radius 1 is 1.39 bits per heavy atom. The zero-order valence-electron chi connectivity index (χ0n) is 16.2. The number of hydrogen-bond donors (Lipinski definition) is 2. The Bertz CT molecular complexity index is 704. The molecule has 2 aromatic heterocycles. The number of hydrogen-bond acceptors (Lipinski definition) is 5. The minimum absolute atomic E-state index is 0. The van der Waals surface area contributed by atoms with Crippen LogP contribution in [0.25, 0.3) is 5.82 Å². The zero-order valence-corrected chi connectivity index (χ0v) is 18.5. The second-order valence-electron chi connectivity index (χ2n) is 6.48. The average molecular weight is 500 g/mol. The lowest BCUT2D eigenvalue weighted by molar-refractivity contribution is 0.0888. The van der Waals surface area contributed by atoms with Crippen LogP contribution in [0.4, 0.5) is 0 Å². The Morgan fingerprint density at radius 2 is 2.32 bits per heavy atom. The normalized spacial score (nSPS) is 16.6. The Balaban J connectivity index is 0.00000280. The molecule has 8 nitrogen and oxygen atoms in total. The molecule has 2 N–H and O–H groups in total. The minimum atomic E-state index is 0. The van der Waals surface area contributed by atoms with Crippen molar-refractivity contribution in [1.82, 2.24) is 25.4 Å². The van der Waals surface area contributed by atoms with Crippen molar-refractivity contribution in [2.45, 2.75) is 19.4 Å². The third-order valence-electron chi connectivity index (χ3n) is 4.37. The predicted octanol–water partition coefficient (Wildman–Crippen LogP) is 1.99. The van der Waals surface area contributed by atoms with E-state index >= 15 is 0 Å². The fraction of sp³-hybridized carbons (Fsp3) is 0.526. The molecule has 0 amide bonds. The molecule has 0 aromatic carbocycles. The summed E-state index contributed by atoms with van der Waals surface area (Å²) in [5.74, 6) is 2.14. The van der Waals surface area contributed by atoms with Crippen LogP contribution in [0.15, 0.2) is 41.8 Å². The summed E-state index contributed by atoms with van der Waals surface area (Å²) in [6, 6.07) is 5.87. The van der Waals surface area contributed by atoms with Crippen molar-refractivity contribution in [3.05, 3.63) is 42.4 Å². The van der Waals surface area contributed by atoms with Gasteiger partial charge in [0.05, 0.1) is 13.2 Å². The van der Waals surface area contributed by atoms with E-state index in [9.17, 15) is 0 Å². The van der Waals surface area contributed by atoms with Crippen LogP contribution in [-0.4, -0.2) is 60.7 Å². The lowest BCUT2D eigenvalue weighted by Gasteiger charge is -2.13. The molecular formula is C19H29IN6O2. The van der Waals surface area contributed by atoms with E-state index in [-0.39, 0.29) is 24.0 Å². The van der Waals surface area contributed by atoms with Crippen molar-refractivity contribution < 1.29 is 9.47 Å². The first kappa shape index (κ1) is 22.6. The maximum atomic E-state index is 5.72. The molecule has 2 aromatic rings. The molecule has 0 aliphatic carbocycles. The fourth-order valence-corrected chi connectivity index (χ4v) is 2.85. The number of aromatic nitrogens is 3. The maximum Gasteiger partial charge on any atom is 0.191 e. The monoisotopic (exact) mass is 500 g/mol. The minimum Gasteiger partial charge on any atom is -0.381 e. The Kier molecular flexibility index (Phi) is 10.2. The van der Waals surface area contributed by atoms with Gasteiger partial charge in [0.15, 0.2) is 11.8 Å². The van der Waals surface area contributed by atoms with Crippen molar-refractivity contribution in [2.24, 2.45) is 10.9 Å². The van der Waals surface area contributed by atoms with Crippen LogP contribution < -0.4 is 10.6 Å². The van der Waals surface area contributed by atoms with E-state index < -0.39 is 0 Å². The highest BCUT2D eigenvalue weighted by molar-refractivity contribution is 14.0.